The van der Waals surface area contributed by atoms with Crippen molar-refractivity contribution >= 4 is 21.7 Å². The van der Waals surface area contributed by atoms with Crippen molar-refractivity contribution in [2.45, 2.75) is 17.7 Å². The van der Waals surface area contributed by atoms with E-state index in [0.717, 1.165) is 6.08 Å². The van der Waals surface area contributed by atoms with Crippen LogP contribution in [0.1, 0.15) is 12.8 Å². The van der Waals surface area contributed by atoms with Crippen LogP contribution < -0.4 is 5.73 Å². The fourth-order valence-electron chi connectivity index (χ4n) is 1.65. The van der Waals surface area contributed by atoms with Gasteiger partial charge in [0.2, 0.25) is 10.8 Å². The normalized spacial score (nSPS) is 25.8. The molecular formula is C8H12N2O5S. The van der Waals surface area contributed by atoms with Gasteiger partial charge >= 0.3 is 0 Å². The molecule has 16 heavy (non-hydrogen) atoms. The van der Waals surface area contributed by atoms with Crippen LogP contribution in [-0.2, 0) is 19.4 Å². The Hall–Kier alpha value is -1.41. The maximum absolute atomic E-state index is 11.8. The van der Waals surface area contributed by atoms with E-state index in [-0.39, 0.29) is 17.9 Å². The van der Waals surface area contributed by atoms with Crippen LogP contribution in [0.5, 0.6) is 0 Å². The highest BCUT2D eigenvalue weighted by atomic mass is 32.2. The summed E-state index contributed by atoms with van der Waals surface area (Å²) < 4.78 is 23.7. The van der Waals surface area contributed by atoms with E-state index in [4.69, 9.17) is 5.73 Å². The van der Waals surface area contributed by atoms with E-state index in [2.05, 4.69) is 6.58 Å². The second kappa shape index (κ2) is 3.87. The molecule has 0 spiro atoms. The molecule has 1 atom stereocenters. The summed E-state index contributed by atoms with van der Waals surface area (Å²) in [6.07, 6.45) is 0.486. The number of carbonyl (C=O) groups excluding carboxylic acids is 2. The largest absolute Gasteiger partial charge is 0.367 e. The average molecular weight is 248 g/mol. The third-order valence-corrected chi connectivity index (χ3v) is 4.77. The summed E-state index contributed by atoms with van der Waals surface area (Å²) in [7, 11) is -4.09. The first kappa shape index (κ1) is 12.7. The van der Waals surface area contributed by atoms with Gasteiger partial charge in [-0.3, -0.25) is 14.8 Å². The standard InChI is InChI=1S/C8H12N2O5S/c1-2-5-16(14,15)8(7(9)12)4-3-6(11)10(8)13/h2,13H,1,3-5H2,(H2,9,12)/t8-/m1/s1. The first-order valence-electron chi connectivity index (χ1n) is 4.44. The van der Waals surface area contributed by atoms with Crippen LogP contribution in [-0.4, -0.2) is 41.1 Å². The average Bonchev–Trinajstić information content (AvgIpc) is 2.45. The van der Waals surface area contributed by atoms with Crippen LogP contribution in [0.25, 0.3) is 0 Å². The summed E-state index contributed by atoms with van der Waals surface area (Å²) in [6, 6.07) is 0. The monoisotopic (exact) mass is 248 g/mol. The molecule has 0 aromatic rings. The maximum Gasteiger partial charge on any atom is 0.261 e. The summed E-state index contributed by atoms with van der Waals surface area (Å²) in [6.45, 7) is 3.24. The number of rotatable bonds is 4. The van der Waals surface area contributed by atoms with Crippen LogP contribution in [0.2, 0.25) is 0 Å². The number of hydrogen-bond acceptors (Lipinski definition) is 5. The topological polar surface area (TPSA) is 118 Å². The first-order chi connectivity index (χ1) is 7.29. The predicted molar refractivity (Wildman–Crippen MR) is 53.8 cm³/mol. The molecule has 0 saturated carbocycles. The predicted octanol–water partition coefficient (Wildman–Crippen LogP) is -1.22. The molecule has 90 valence electrons. The molecule has 1 aliphatic heterocycles. The van der Waals surface area contributed by atoms with Crippen LogP contribution in [0.15, 0.2) is 12.7 Å². The molecule has 0 aromatic carbocycles. The van der Waals surface area contributed by atoms with Gasteiger partial charge in [-0.1, -0.05) is 6.08 Å². The lowest BCUT2D eigenvalue weighted by Crippen LogP contribution is -2.59. The van der Waals surface area contributed by atoms with Gasteiger partial charge in [0.25, 0.3) is 5.91 Å². The number of amides is 2. The van der Waals surface area contributed by atoms with Gasteiger partial charge in [0.05, 0.1) is 5.75 Å². The zero-order chi connectivity index (χ0) is 12.6. The second-order valence-corrected chi connectivity index (χ2v) is 5.66. The molecule has 0 aromatic heterocycles. The van der Waals surface area contributed by atoms with Crippen LogP contribution in [0.4, 0.5) is 0 Å². The third kappa shape index (κ3) is 1.50. The molecule has 1 aliphatic rings. The van der Waals surface area contributed by atoms with Gasteiger partial charge in [0.15, 0.2) is 9.84 Å². The molecule has 0 aliphatic carbocycles. The SMILES string of the molecule is C=CCS(=O)(=O)[C@@]1(C(N)=O)CCC(=O)N1O. The minimum Gasteiger partial charge on any atom is -0.367 e. The minimum atomic E-state index is -4.09. The Morgan fingerprint density at radius 1 is 1.69 bits per heavy atom. The zero-order valence-electron chi connectivity index (χ0n) is 8.42. The van der Waals surface area contributed by atoms with Gasteiger partial charge < -0.3 is 5.73 Å². The Morgan fingerprint density at radius 3 is 2.56 bits per heavy atom. The summed E-state index contributed by atoms with van der Waals surface area (Å²) in [5, 5.41) is 9.33. The van der Waals surface area contributed by atoms with E-state index in [1.165, 1.54) is 0 Å². The van der Waals surface area contributed by atoms with E-state index in [0.29, 0.717) is 0 Å². The molecule has 7 nitrogen and oxygen atoms in total. The van der Waals surface area contributed by atoms with Gasteiger partial charge in [-0.2, -0.15) is 5.06 Å². The van der Waals surface area contributed by atoms with E-state index < -0.39 is 32.3 Å². The van der Waals surface area contributed by atoms with Gasteiger partial charge in [0.1, 0.15) is 0 Å². The molecule has 3 N–H and O–H groups in total. The Morgan fingerprint density at radius 2 is 2.25 bits per heavy atom. The quantitative estimate of drug-likeness (QED) is 0.477. The fraction of sp³-hybridized carbons (Fsp3) is 0.500. The number of nitrogens with zero attached hydrogens (tertiary/aromatic N) is 1. The lowest BCUT2D eigenvalue weighted by molar-refractivity contribution is -0.173. The van der Waals surface area contributed by atoms with Gasteiger partial charge in [-0.25, -0.2) is 8.42 Å². The van der Waals surface area contributed by atoms with Crippen molar-refractivity contribution in [3.63, 3.8) is 0 Å². The Labute approximate surface area is 92.4 Å². The van der Waals surface area contributed by atoms with Crippen molar-refractivity contribution in [2.24, 2.45) is 5.73 Å². The number of primary amides is 1. The Kier molecular flexibility index (Phi) is 3.06. The molecule has 1 rings (SSSR count). The summed E-state index contributed by atoms with van der Waals surface area (Å²) in [4.78, 5) is 20.0. The fourth-order valence-corrected chi connectivity index (χ4v) is 3.32. The lowest BCUT2D eigenvalue weighted by atomic mass is 10.2. The van der Waals surface area contributed by atoms with E-state index >= 15 is 0 Å². The van der Waals surface area contributed by atoms with Crippen LogP contribution >= 0.6 is 0 Å². The summed E-state index contributed by atoms with van der Waals surface area (Å²) in [5.41, 5.74) is 5.00. The lowest BCUT2D eigenvalue weighted by Gasteiger charge is -2.29. The number of nitrogens with two attached hydrogens (primary N) is 1. The van der Waals surface area contributed by atoms with E-state index in [1.54, 1.807) is 0 Å². The van der Waals surface area contributed by atoms with Gasteiger partial charge in [0, 0.05) is 12.8 Å². The minimum absolute atomic E-state index is 0.0752. The van der Waals surface area contributed by atoms with Crippen molar-refractivity contribution in [1.82, 2.24) is 5.06 Å². The third-order valence-electron chi connectivity index (χ3n) is 2.49. The van der Waals surface area contributed by atoms with Crippen LogP contribution in [0.3, 0.4) is 0 Å². The van der Waals surface area contributed by atoms with Crippen molar-refractivity contribution < 1.29 is 23.2 Å². The second-order valence-electron chi connectivity index (χ2n) is 3.42. The highest BCUT2D eigenvalue weighted by Gasteiger charge is 2.59. The zero-order valence-corrected chi connectivity index (χ0v) is 9.24. The number of hydrogen-bond donors (Lipinski definition) is 2. The number of carbonyl (C=O) groups is 2. The van der Waals surface area contributed by atoms with Gasteiger partial charge in [-0.05, 0) is 0 Å². The number of sulfone groups is 1. The van der Waals surface area contributed by atoms with E-state index in [9.17, 15) is 23.2 Å². The van der Waals surface area contributed by atoms with Gasteiger partial charge in [-0.15, -0.1) is 6.58 Å². The highest BCUT2D eigenvalue weighted by molar-refractivity contribution is 7.93. The number of hydroxylamine groups is 2. The molecule has 1 fully saturated rings. The smallest absolute Gasteiger partial charge is 0.261 e. The molecule has 1 saturated heterocycles. The molecule has 2 amide bonds. The highest BCUT2D eigenvalue weighted by Crippen LogP contribution is 2.34. The summed E-state index contributed by atoms with van der Waals surface area (Å²) >= 11 is 0. The Bertz CT molecular complexity index is 443. The molecular weight excluding hydrogens is 236 g/mol. The molecule has 8 heteroatoms. The maximum atomic E-state index is 11.8. The Balaban J connectivity index is 3.35. The molecule has 0 unspecified atom stereocenters. The van der Waals surface area contributed by atoms with Crippen molar-refractivity contribution in [2.75, 3.05) is 5.75 Å². The molecule has 0 bridgehead atoms. The van der Waals surface area contributed by atoms with Crippen molar-refractivity contribution in [3.05, 3.63) is 12.7 Å². The molecule has 0 radical (unpaired) electrons. The first-order valence-corrected chi connectivity index (χ1v) is 6.10. The van der Waals surface area contributed by atoms with Crippen molar-refractivity contribution in [1.29, 1.82) is 0 Å². The van der Waals surface area contributed by atoms with Crippen LogP contribution in [0, 0.1) is 0 Å². The molecule has 1 heterocycles. The van der Waals surface area contributed by atoms with E-state index in [1.807, 2.05) is 0 Å². The van der Waals surface area contributed by atoms with Crippen molar-refractivity contribution in [3.8, 4) is 0 Å². The summed E-state index contributed by atoms with van der Waals surface area (Å²) in [5.74, 6) is -2.64.